The van der Waals surface area contributed by atoms with Crippen LogP contribution in [0.3, 0.4) is 0 Å². The third-order valence-corrected chi connectivity index (χ3v) is 9.84. The summed E-state index contributed by atoms with van der Waals surface area (Å²) in [5.74, 6) is 0. The molecule has 0 bridgehead atoms. The number of hydrogen-bond acceptors (Lipinski definition) is 3. The van der Waals surface area contributed by atoms with Gasteiger partial charge in [0.15, 0.2) is 0 Å². The van der Waals surface area contributed by atoms with E-state index >= 15 is 0 Å². The molecule has 1 aromatic rings. The summed E-state index contributed by atoms with van der Waals surface area (Å²) in [6, 6.07) is 10.1. The topological polar surface area (TPSA) is 55.3 Å². The van der Waals surface area contributed by atoms with Crippen molar-refractivity contribution in [2.75, 3.05) is 59.0 Å². The summed E-state index contributed by atoms with van der Waals surface area (Å²) in [4.78, 5) is 0. The van der Waals surface area contributed by atoms with E-state index in [1.807, 2.05) is 18.2 Å². The molecule has 0 fully saturated rings. The van der Waals surface area contributed by atoms with Gasteiger partial charge in [-0.15, -0.1) is 0 Å². The number of unbranched alkanes of at least 4 members (excludes halogenated alkanes) is 9. The summed E-state index contributed by atoms with van der Waals surface area (Å²) in [5.41, 5.74) is 1.27. The Morgan fingerprint density at radius 2 is 0.729 bits per heavy atom. The highest BCUT2D eigenvalue weighted by Crippen LogP contribution is 2.17. The highest BCUT2D eigenvalue weighted by Gasteiger charge is 2.25. The molecule has 284 valence electrons. The molecule has 0 heterocycles. The van der Waals surface area contributed by atoms with Crippen molar-refractivity contribution in [3.05, 3.63) is 35.9 Å². The maximum atomic E-state index is 9.98. The van der Waals surface area contributed by atoms with Crippen LogP contribution in [0.15, 0.2) is 30.3 Å². The molecule has 0 aliphatic heterocycles. The van der Waals surface area contributed by atoms with Crippen LogP contribution < -0.4 is 10.0 Å². The van der Waals surface area contributed by atoms with Gasteiger partial charge in [0.1, 0.15) is 0 Å². The molecule has 6 heteroatoms. The Morgan fingerprint density at radius 1 is 0.438 bits per heavy atom. The number of hydrogen-bond donors (Lipinski definition) is 0. The van der Waals surface area contributed by atoms with Gasteiger partial charge in [-0.05, 0) is 76.2 Å². The second kappa shape index (κ2) is 35.9. The molecule has 5 nitrogen and oxygen atoms in total. The van der Waals surface area contributed by atoms with Gasteiger partial charge in [0.25, 0.3) is 0 Å². The van der Waals surface area contributed by atoms with Crippen LogP contribution in [0.4, 0.5) is 0 Å². The molecule has 0 atom stereocenters. The Morgan fingerprint density at radius 3 is 0.979 bits per heavy atom. The lowest BCUT2D eigenvalue weighted by atomic mass is 10.1. The van der Waals surface area contributed by atoms with Crippen LogP contribution in [0.1, 0.15) is 177 Å². The van der Waals surface area contributed by atoms with Crippen molar-refractivity contribution >= 4 is 7.32 Å². The maximum Gasteiger partial charge on any atom is 0.0786 e. The minimum atomic E-state index is -2.13. The summed E-state index contributed by atoms with van der Waals surface area (Å²) >= 11 is 0. The van der Waals surface area contributed by atoms with Crippen molar-refractivity contribution in [1.29, 1.82) is 0 Å². The molecule has 0 aliphatic rings. The van der Waals surface area contributed by atoms with Gasteiger partial charge in [-0.25, -0.2) is 0 Å². The summed E-state index contributed by atoms with van der Waals surface area (Å²) in [5, 5.41) is 20.0. The van der Waals surface area contributed by atoms with Crippen LogP contribution in [0.25, 0.3) is 0 Å². The minimum absolute atomic E-state index is 0.268. The Bertz CT molecular complexity index is 639. The van der Waals surface area contributed by atoms with Gasteiger partial charge in [-0.3, -0.25) is 0 Å². The Hall–Kier alpha value is -0.915. The predicted octanol–water partition coefficient (Wildman–Crippen LogP) is 9.74. The SMILES string of the molecule is CCCC[N+](CCCC)(CCCC)CCCC.CCCC[N+](CCCC)(CCCC)CCCC.[O-]B([O-])OCCCCc1ccccc1. The molecule has 48 heavy (non-hydrogen) atoms. The fraction of sp³-hybridized carbons (Fsp3) is 0.857. The van der Waals surface area contributed by atoms with E-state index in [1.54, 1.807) is 0 Å². The smallest absolute Gasteiger partial charge is 0.0786 e. The second-order valence-corrected chi connectivity index (χ2v) is 14.4. The summed E-state index contributed by atoms with van der Waals surface area (Å²) < 4.78 is 7.21. The zero-order chi connectivity index (χ0) is 36.2. The van der Waals surface area contributed by atoms with Crippen LogP contribution >= 0.6 is 0 Å². The molecule has 1 aromatic carbocycles. The average Bonchev–Trinajstić information content (AvgIpc) is 3.11. The molecule has 0 radical (unpaired) electrons. The van der Waals surface area contributed by atoms with Crippen molar-refractivity contribution in [2.45, 2.75) is 177 Å². The third kappa shape index (κ3) is 28.9. The molecule has 0 aromatic heterocycles. The molecule has 0 aliphatic carbocycles. The Labute approximate surface area is 302 Å². The lowest BCUT2D eigenvalue weighted by Gasteiger charge is -2.39. The van der Waals surface area contributed by atoms with E-state index < -0.39 is 7.32 Å². The lowest BCUT2D eigenvalue weighted by molar-refractivity contribution is -0.929. The van der Waals surface area contributed by atoms with Crippen LogP contribution in [0, 0.1) is 0 Å². The quantitative estimate of drug-likeness (QED) is 0.0463. The molecule has 0 saturated carbocycles. The van der Waals surface area contributed by atoms with Crippen LogP contribution in [0.5, 0.6) is 0 Å². The largest absolute Gasteiger partial charge is 0.871 e. The zero-order valence-electron chi connectivity index (χ0n) is 33.9. The summed E-state index contributed by atoms with van der Waals surface area (Å²) in [7, 11) is -2.13. The average molecular weight is 677 g/mol. The highest BCUT2D eigenvalue weighted by atomic mass is 16.6. The van der Waals surface area contributed by atoms with Crippen LogP contribution in [-0.4, -0.2) is 75.3 Å². The Balaban J connectivity index is 0. The molecule has 0 spiro atoms. The fourth-order valence-corrected chi connectivity index (χ4v) is 6.55. The molecule has 0 amide bonds. The molecule has 1 rings (SSSR count). The van der Waals surface area contributed by atoms with E-state index in [0.29, 0.717) is 0 Å². The molecule has 0 saturated heterocycles. The number of benzene rings is 1. The highest BCUT2D eigenvalue weighted by molar-refractivity contribution is 6.28. The third-order valence-electron chi connectivity index (χ3n) is 9.84. The van der Waals surface area contributed by atoms with Crippen molar-refractivity contribution in [3.63, 3.8) is 0 Å². The number of quaternary nitrogens is 2. The van der Waals surface area contributed by atoms with Crippen molar-refractivity contribution in [3.8, 4) is 0 Å². The lowest BCUT2D eigenvalue weighted by Crippen LogP contribution is -2.50. The Kier molecular flexibility index (Phi) is 36.8. The fourth-order valence-electron chi connectivity index (χ4n) is 6.55. The van der Waals surface area contributed by atoms with E-state index in [2.05, 4.69) is 72.2 Å². The predicted molar refractivity (Wildman–Crippen MR) is 210 cm³/mol. The second-order valence-electron chi connectivity index (χ2n) is 14.4. The molecule has 0 unspecified atom stereocenters. The number of rotatable bonds is 30. The van der Waals surface area contributed by atoms with E-state index in [0.717, 1.165) is 19.3 Å². The zero-order valence-corrected chi connectivity index (χ0v) is 33.9. The molecular weight excluding hydrogens is 591 g/mol. The van der Waals surface area contributed by atoms with E-state index in [1.165, 1.54) is 170 Å². The number of aryl methyl sites for hydroxylation is 1. The maximum absolute atomic E-state index is 9.98. The first kappa shape index (κ1) is 49.2. The van der Waals surface area contributed by atoms with Gasteiger partial charge in [0.2, 0.25) is 0 Å². The van der Waals surface area contributed by atoms with Crippen LogP contribution in [0.2, 0.25) is 0 Å². The van der Waals surface area contributed by atoms with Gasteiger partial charge in [0, 0.05) is 6.61 Å². The van der Waals surface area contributed by atoms with Gasteiger partial charge >= 0.3 is 0 Å². The molecule has 0 N–H and O–H groups in total. The number of nitrogens with zero attached hydrogens (tertiary/aromatic N) is 2. The standard InChI is InChI=1S/2C16H36N.C10H13BO3/c2*1-5-9-13-17(14-10-6-2,15-11-7-3)16-12-8-4;12-11(13)14-9-5-4-8-10-6-2-1-3-7-10/h2*5-16H2,1-4H3;1-3,6-7H,4-5,8-9H2/q2*+1;-2. The van der Waals surface area contributed by atoms with Crippen molar-refractivity contribution < 1.29 is 23.7 Å². The van der Waals surface area contributed by atoms with Crippen LogP contribution in [-0.2, 0) is 11.1 Å². The van der Waals surface area contributed by atoms with E-state index in [9.17, 15) is 10.0 Å². The normalized spacial score (nSPS) is 11.5. The summed E-state index contributed by atoms with van der Waals surface area (Å²) in [6.07, 6.45) is 24.8. The first-order chi connectivity index (χ1) is 23.3. The van der Waals surface area contributed by atoms with Gasteiger partial charge in [-0.1, -0.05) is 137 Å². The first-order valence-electron chi connectivity index (χ1n) is 20.9. The summed E-state index contributed by atoms with van der Waals surface area (Å²) in [6.45, 7) is 30.3. The van der Waals surface area contributed by atoms with Gasteiger partial charge < -0.3 is 23.7 Å². The van der Waals surface area contributed by atoms with Gasteiger partial charge in [0.05, 0.1) is 59.7 Å². The first-order valence-corrected chi connectivity index (χ1v) is 20.9. The molecular formula is C42H85BN2O3. The minimum Gasteiger partial charge on any atom is -0.871 e. The monoisotopic (exact) mass is 677 g/mol. The van der Waals surface area contributed by atoms with Crippen molar-refractivity contribution in [2.24, 2.45) is 0 Å². The van der Waals surface area contributed by atoms with E-state index in [-0.39, 0.29) is 6.61 Å². The van der Waals surface area contributed by atoms with Gasteiger partial charge in [-0.2, -0.15) is 0 Å². The van der Waals surface area contributed by atoms with Crippen molar-refractivity contribution in [1.82, 2.24) is 0 Å². The van der Waals surface area contributed by atoms with E-state index in [4.69, 9.17) is 0 Å².